The summed E-state index contributed by atoms with van der Waals surface area (Å²) in [6, 6.07) is 5.25. The fourth-order valence-electron chi connectivity index (χ4n) is 3.42. The van der Waals surface area contributed by atoms with E-state index < -0.39 is 23.9 Å². The van der Waals surface area contributed by atoms with Gasteiger partial charge in [0.25, 0.3) is 0 Å². The molecule has 1 aliphatic heterocycles. The third-order valence-electron chi connectivity index (χ3n) is 4.96. The Kier molecular flexibility index (Phi) is 6.25. The number of rotatable bonds is 4. The summed E-state index contributed by atoms with van der Waals surface area (Å²) < 4.78 is 50.5. The number of likely N-dealkylation sites (N-methyl/N-ethyl adjacent to an activating group) is 1. The summed E-state index contributed by atoms with van der Waals surface area (Å²) in [5.41, 5.74) is 0.924. The van der Waals surface area contributed by atoms with Crippen molar-refractivity contribution in [1.82, 2.24) is 15.6 Å². The number of alkyl halides is 3. The molecule has 162 valence electrons. The van der Waals surface area contributed by atoms with Crippen LogP contribution in [0.25, 0.3) is 10.4 Å². The zero-order valence-electron chi connectivity index (χ0n) is 16.3. The Morgan fingerprint density at radius 1 is 1.30 bits per heavy atom. The van der Waals surface area contributed by atoms with Gasteiger partial charge < -0.3 is 10.6 Å². The molecule has 0 saturated carbocycles. The van der Waals surface area contributed by atoms with E-state index in [1.54, 1.807) is 26.1 Å². The van der Waals surface area contributed by atoms with Crippen molar-refractivity contribution in [3.63, 3.8) is 0 Å². The van der Waals surface area contributed by atoms with Crippen LogP contribution in [0.5, 0.6) is 0 Å². The molecule has 2 amide bonds. The fraction of sp³-hybridized carbons (Fsp3) is 0.421. The first-order valence-electron chi connectivity index (χ1n) is 9.21. The highest BCUT2D eigenvalue weighted by Crippen LogP contribution is 2.32. The average Bonchev–Trinajstić information content (AvgIpc) is 3.07. The standard InChI is InChI=1S/C19H20F4N4O2S/c1-11-26-15(16(30-11)12-3-5-13(20)6-4-12)17(28)27(2)8-7-24-14(10-27)9-25-18(29)19(21,22)23/h3-6,14,24H,7-10H2,1-2H3/p+1. The Morgan fingerprint density at radius 3 is 2.60 bits per heavy atom. The second kappa shape index (κ2) is 8.40. The monoisotopic (exact) mass is 445 g/mol. The van der Waals surface area contributed by atoms with E-state index in [-0.39, 0.29) is 29.2 Å². The molecule has 0 bridgehead atoms. The van der Waals surface area contributed by atoms with Crippen molar-refractivity contribution >= 4 is 23.2 Å². The molecule has 6 nitrogen and oxygen atoms in total. The van der Waals surface area contributed by atoms with Gasteiger partial charge in [0, 0.05) is 13.1 Å². The number of piperazine rings is 1. The van der Waals surface area contributed by atoms with Gasteiger partial charge >= 0.3 is 18.0 Å². The molecule has 2 unspecified atom stereocenters. The number of benzene rings is 1. The molecule has 0 radical (unpaired) electrons. The lowest BCUT2D eigenvalue weighted by Gasteiger charge is -2.39. The summed E-state index contributed by atoms with van der Waals surface area (Å²) in [5.74, 6) is -2.67. The van der Waals surface area contributed by atoms with Gasteiger partial charge in [0.15, 0.2) is 5.69 Å². The van der Waals surface area contributed by atoms with Gasteiger partial charge in [-0.15, -0.1) is 11.3 Å². The van der Waals surface area contributed by atoms with E-state index in [9.17, 15) is 27.2 Å². The molecule has 1 saturated heterocycles. The molecular formula is C19H21F4N4O2S+. The van der Waals surface area contributed by atoms with Crippen molar-refractivity contribution in [2.45, 2.75) is 19.1 Å². The van der Waals surface area contributed by atoms with Gasteiger partial charge in [0.2, 0.25) is 0 Å². The van der Waals surface area contributed by atoms with E-state index in [0.29, 0.717) is 28.5 Å². The van der Waals surface area contributed by atoms with Gasteiger partial charge in [-0.3, -0.25) is 9.28 Å². The highest BCUT2D eigenvalue weighted by Gasteiger charge is 2.43. The van der Waals surface area contributed by atoms with Gasteiger partial charge in [-0.25, -0.2) is 14.2 Å². The quantitative estimate of drug-likeness (QED) is 0.561. The third kappa shape index (κ3) is 4.85. The van der Waals surface area contributed by atoms with Crippen LogP contribution in [-0.2, 0) is 4.79 Å². The number of amides is 2. The van der Waals surface area contributed by atoms with Gasteiger partial charge in [-0.2, -0.15) is 13.2 Å². The van der Waals surface area contributed by atoms with Crippen LogP contribution in [0.15, 0.2) is 24.3 Å². The molecule has 1 aliphatic rings. The van der Waals surface area contributed by atoms with Crippen LogP contribution < -0.4 is 10.6 Å². The Hall–Kier alpha value is -2.37. The number of hydrogen-bond donors (Lipinski definition) is 2. The number of aromatic nitrogens is 1. The topological polar surface area (TPSA) is 71.1 Å². The summed E-state index contributed by atoms with van der Waals surface area (Å²) in [6.07, 6.45) is -4.95. The van der Waals surface area contributed by atoms with Crippen LogP contribution in [-0.4, -0.2) is 66.7 Å². The number of nitrogens with zero attached hydrogens (tertiary/aromatic N) is 2. The van der Waals surface area contributed by atoms with E-state index in [2.05, 4.69) is 10.3 Å². The van der Waals surface area contributed by atoms with Gasteiger partial charge in [-0.05, 0) is 24.6 Å². The molecular weight excluding hydrogens is 424 g/mol. The number of halogens is 4. The van der Waals surface area contributed by atoms with Crippen molar-refractivity contribution in [3.8, 4) is 10.4 Å². The predicted molar refractivity (Wildman–Crippen MR) is 103 cm³/mol. The normalized spacial score (nSPS) is 22.0. The number of carbonyl (C=O) groups is 2. The minimum absolute atomic E-state index is 0.0725. The number of aryl methyl sites for hydroxylation is 1. The van der Waals surface area contributed by atoms with Crippen molar-refractivity contribution < 1.29 is 31.6 Å². The Bertz CT molecular complexity index is 945. The lowest BCUT2D eigenvalue weighted by atomic mass is 10.1. The van der Waals surface area contributed by atoms with Crippen molar-refractivity contribution in [2.24, 2.45) is 0 Å². The molecule has 2 aromatic rings. The molecule has 11 heteroatoms. The Labute approximate surface area is 174 Å². The largest absolute Gasteiger partial charge is 0.471 e. The molecule has 0 spiro atoms. The molecule has 1 fully saturated rings. The first kappa shape index (κ1) is 22.3. The molecule has 3 rings (SSSR count). The SMILES string of the molecule is Cc1nc(C(=O)[N+]2(C)CCNC(CNC(=O)C(F)(F)F)C2)c(-c2ccc(F)cc2)s1. The van der Waals surface area contributed by atoms with Crippen LogP contribution in [0.4, 0.5) is 17.6 Å². The highest BCUT2D eigenvalue weighted by molar-refractivity contribution is 7.15. The summed E-state index contributed by atoms with van der Waals surface area (Å²) in [4.78, 5) is 29.5. The maximum absolute atomic E-state index is 13.4. The maximum Gasteiger partial charge on any atom is 0.471 e. The number of hydrogen-bond acceptors (Lipinski definition) is 5. The summed E-state index contributed by atoms with van der Waals surface area (Å²) >= 11 is 1.32. The van der Waals surface area contributed by atoms with Crippen LogP contribution >= 0.6 is 11.3 Å². The van der Waals surface area contributed by atoms with Gasteiger partial charge in [-0.1, -0.05) is 12.1 Å². The maximum atomic E-state index is 13.4. The van der Waals surface area contributed by atoms with E-state index in [1.807, 2.05) is 5.32 Å². The first-order chi connectivity index (χ1) is 14.0. The van der Waals surface area contributed by atoms with E-state index in [0.717, 1.165) is 0 Å². The number of thiazole rings is 1. The van der Waals surface area contributed by atoms with Gasteiger partial charge in [0.1, 0.15) is 12.4 Å². The second-order valence-electron chi connectivity index (χ2n) is 7.38. The molecule has 1 aromatic carbocycles. The third-order valence-corrected chi connectivity index (χ3v) is 5.98. The summed E-state index contributed by atoms with van der Waals surface area (Å²) in [6.45, 7) is 2.52. The molecule has 2 heterocycles. The van der Waals surface area contributed by atoms with E-state index in [4.69, 9.17) is 0 Å². The fourth-order valence-corrected chi connectivity index (χ4v) is 4.34. The van der Waals surface area contributed by atoms with Crippen LogP contribution in [0, 0.1) is 12.7 Å². The number of quaternary nitrogens is 1. The number of carbonyl (C=O) groups excluding carboxylic acids is 2. The van der Waals surface area contributed by atoms with Crippen molar-refractivity contribution in [2.75, 3.05) is 33.2 Å². The lowest BCUT2D eigenvalue weighted by Crippen LogP contribution is -2.65. The molecule has 0 aliphatic carbocycles. The Morgan fingerprint density at radius 2 is 1.97 bits per heavy atom. The molecule has 2 atom stereocenters. The smallest absolute Gasteiger partial charge is 0.346 e. The predicted octanol–water partition coefficient (Wildman–Crippen LogP) is 2.49. The lowest BCUT2D eigenvalue weighted by molar-refractivity contribution is -0.833. The summed E-state index contributed by atoms with van der Waals surface area (Å²) in [7, 11) is 1.70. The first-order valence-corrected chi connectivity index (χ1v) is 10.0. The molecule has 1 aromatic heterocycles. The minimum atomic E-state index is -4.95. The number of nitrogens with one attached hydrogen (secondary N) is 2. The van der Waals surface area contributed by atoms with E-state index >= 15 is 0 Å². The Balaban J connectivity index is 1.79. The van der Waals surface area contributed by atoms with Crippen molar-refractivity contribution in [3.05, 3.63) is 40.8 Å². The van der Waals surface area contributed by atoms with Crippen LogP contribution in [0.2, 0.25) is 0 Å². The zero-order chi connectivity index (χ0) is 22.1. The van der Waals surface area contributed by atoms with Crippen LogP contribution in [0.1, 0.15) is 15.5 Å². The van der Waals surface area contributed by atoms with Crippen molar-refractivity contribution in [1.29, 1.82) is 0 Å². The summed E-state index contributed by atoms with van der Waals surface area (Å²) in [5, 5.41) is 5.57. The van der Waals surface area contributed by atoms with Crippen LogP contribution in [0.3, 0.4) is 0 Å². The second-order valence-corrected chi connectivity index (χ2v) is 8.59. The van der Waals surface area contributed by atoms with E-state index in [1.165, 1.54) is 23.5 Å². The highest BCUT2D eigenvalue weighted by atomic mass is 32.1. The van der Waals surface area contributed by atoms with Gasteiger partial charge in [0.05, 0.1) is 29.5 Å². The minimum Gasteiger partial charge on any atom is -0.346 e. The zero-order valence-corrected chi connectivity index (χ0v) is 17.2. The molecule has 30 heavy (non-hydrogen) atoms. The molecule has 2 N–H and O–H groups in total. The average molecular weight is 445 g/mol.